The second-order valence-electron chi connectivity index (χ2n) is 3.29. The van der Waals surface area contributed by atoms with Crippen molar-refractivity contribution in [3.8, 4) is 0 Å². The van der Waals surface area contributed by atoms with Crippen molar-refractivity contribution < 1.29 is 4.79 Å². The van der Waals surface area contributed by atoms with E-state index in [9.17, 15) is 4.79 Å². The predicted octanol–water partition coefficient (Wildman–Crippen LogP) is 1.75. The molecule has 0 spiro atoms. The van der Waals surface area contributed by atoms with E-state index in [4.69, 9.17) is 0 Å². The molecule has 5 nitrogen and oxygen atoms in total. The lowest BCUT2D eigenvalue weighted by Crippen LogP contribution is -2.27. The molecule has 2 rings (SSSR count). The number of carbonyl (C=O) groups is 1. The van der Waals surface area contributed by atoms with Gasteiger partial charge in [-0.15, -0.1) is 11.3 Å². The van der Waals surface area contributed by atoms with Gasteiger partial charge in [0.05, 0.1) is 17.8 Å². The van der Waals surface area contributed by atoms with Crippen molar-refractivity contribution in [2.45, 2.75) is 19.4 Å². The summed E-state index contributed by atoms with van der Waals surface area (Å²) in [6.07, 6.45) is 5.64. The van der Waals surface area contributed by atoms with E-state index in [0.29, 0.717) is 5.56 Å². The van der Waals surface area contributed by atoms with Crippen LogP contribution in [0.1, 0.15) is 34.8 Å². The first-order valence-corrected chi connectivity index (χ1v) is 5.88. The molecule has 1 atom stereocenters. The van der Waals surface area contributed by atoms with Gasteiger partial charge in [-0.3, -0.25) is 9.89 Å². The fourth-order valence-electron chi connectivity index (χ4n) is 1.36. The number of nitrogens with zero attached hydrogens (tertiary/aromatic N) is 2. The summed E-state index contributed by atoms with van der Waals surface area (Å²) < 4.78 is 0. The summed E-state index contributed by atoms with van der Waals surface area (Å²) in [7, 11) is 0. The first kappa shape index (κ1) is 10.8. The number of nitrogens with one attached hydrogen (secondary N) is 2. The van der Waals surface area contributed by atoms with Gasteiger partial charge in [0, 0.05) is 17.8 Å². The quantitative estimate of drug-likeness (QED) is 0.849. The lowest BCUT2D eigenvalue weighted by atomic mass is 10.2. The molecule has 84 valence electrons. The van der Waals surface area contributed by atoms with Crippen molar-refractivity contribution in [3.05, 3.63) is 34.5 Å². The van der Waals surface area contributed by atoms with Gasteiger partial charge in [-0.25, -0.2) is 4.98 Å². The van der Waals surface area contributed by atoms with Crippen LogP contribution in [0.15, 0.2) is 24.0 Å². The Labute approximate surface area is 96.9 Å². The molecule has 2 N–H and O–H groups in total. The number of carbonyl (C=O) groups excluding carboxylic acids is 1. The number of hydrogen-bond donors (Lipinski definition) is 2. The van der Waals surface area contributed by atoms with E-state index in [1.807, 2.05) is 12.3 Å². The van der Waals surface area contributed by atoms with Gasteiger partial charge in [0.15, 0.2) is 0 Å². The highest BCUT2D eigenvalue weighted by Crippen LogP contribution is 2.19. The van der Waals surface area contributed by atoms with Crippen LogP contribution >= 0.6 is 11.3 Å². The molecule has 2 heterocycles. The van der Waals surface area contributed by atoms with Gasteiger partial charge in [0.2, 0.25) is 0 Å². The van der Waals surface area contributed by atoms with Crippen molar-refractivity contribution >= 4 is 17.2 Å². The molecule has 2 aromatic rings. The van der Waals surface area contributed by atoms with Crippen LogP contribution in [-0.2, 0) is 0 Å². The molecule has 0 aliphatic heterocycles. The molecule has 0 aromatic carbocycles. The van der Waals surface area contributed by atoms with Gasteiger partial charge < -0.3 is 5.32 Å². The van der Waals surface area contributed by atoms with Crippen LogP contribution in [0.4, 0.5) is 0 Å². The second kappa shape index (κ2) is 4.89. The Bertz CT molecular complexity index is 437. The maximum atomic E-state index is 11.8. The monoisotopic (exact) mass is 236 g/mol. The molecule has 0 radical (unpaired) electrons. The van der Waals surface area contributed by atoms with E-state index in [-0.39, 0.29) is 11.9 Å². The molecule has 1 amide bonds. The van der Waals surface area contributed by atoms with Crippen molar-refractivity contribution in [3.63, 3.8) is 0 Å². The molecular formula is C10H12N4OS. The van der Waals surface area contributed by atoms with Crippen LogP contribution in [-0.4, -0.2) is 21.1 Å². The summed E-state index contributed by atoms with van der Waals surface area (Å²) in [6.45, 7) is 2.02. The lowest BCUT2D eigenvalue weighted by Gasteiger charge is -2.13. The molecule has 1 unspecified atom stereocenters. The Hall–Kier alpha value is -1.69. The van der Waals surface area contributed by atoms with Gasteiger partial charge in [-0.05, 0) is 6.42 Å². The van der Waals surface area contributed by atoms with E-state index in [2.05, 4.69) is 20.5 Å². The van der Waals surface area contributed by atoms with E-state index in [1.54, 1.807) is 23.7 Å². The first-order chi connectivity index (χ1) is 7.81. The lowest BCUT2D eigenvalue weighted by molar-refractivity contribution is 0.0935. The van der Waals surface area contributed by atoms with Crippen molar-refractivity contribution in [1.29, 1.82) is 0 Å². The van der Waals surface area contributed by atoms with Crippen LogP contribution in [0.2, 0.25) is 0 Å². The zero-order valence-electron chi connectivity index (χ0n) is 8.80. The van der Waals surface area contributed by atoms with Crippen LogP contribution in [0.25, 0.3) is 0 Å². The average Bonchev–Trinajstić information content (AvgIpc) is 2.96. The number of aromatic amines is 1. The second-order valence-corrected chi connectivity index (χ2v) is 4.22. The largest absolute Gasteiger partial charge is 0.343 e. The van der Waals surface area contributed by atoms with Crippen LogP contribution in [0.5, 0.6) is 0 Å². The molecule has 2 aromatic heterocycles. The molecule has 0 aliphatic carbocycles. The van der Waals surface area contributed by atoms with Gasteiger partial charge in [-0.1, -0.05) is 6.92 Å². The summed E-state index contributed by atoms with van der Waals surface area (Å²) in [5.41, 5.74) is 0.537. The molecule has 0 saturated heterocycles. The maximum Gasteiger partial charge on any atom is 0.255 e. The van der Waals surface area contributed by atoms with Crippen LogP contribution in [0.3, 0.4) is 0 Å². The zero-order valence-corrected chi connectivity index (χ0v) is 9.62. The Morgan fingerprint density at radius 2 is 2.56 bits per heavy atom. The van der Waals surface area contributed by atoms with Crippen molar-refractivity contribution in [1.82, 2.24) is 20.5 Å². The summed E-state index contributed by atoms with van der Waals surface area (Å²) >= 11 is 1.55. The van der Waals surface area contributed by atoms with E-state index in [1.165, 1.54) is 6.20 Å². The average molecular weight is 236 g/mol. The van der Waals surface area contributed by atoms with E-state index in [0.717, 1.165) is 11.4 Å². The molecule has 0 fully saturated rings. The summed E-state index contributed by atoms with van der Waals surface area (Å²) in [5, 5.41) is 12.1. The van der Waals surface area contributed by atoms with Gasteiger partial charge >= 0.3 is 0 Å². The molecule has 0 saturated carbocycles. The third-order valence-corrected chi connectivity index (χ3v) is 3.11. The number of amides is 1. The molecule has 0 aliphatic rings. The third kappa shape index (κ3) is 2.27. The molecule has 0 bridgehead atoms. The van der Waals surface area contributed by atoms with Gasteiger partial charge in [0.1, 0.15) is 5.01 Å². The molecular weight excluding hydrogens is 224 g/mol. The number of rotatable bonds is 4. The fraction of sp³-hybridized carbons (Fsp3) is 0.300. The Morgan fingerprint density at radius 3 is 3.12 bits per heavy atom. The SMILES string of the molecule is CCC(NC(=O)c1cn[nH]c1)c1nccs1. The molecule has 6 heteroatoms. The first-order valence-electron chi connectivity index (χ1n) is 5.00. The Kier molecular flexibility index (Phi) is 3.31. The number of hydrogen-bond acceptors (Lipinski definition) is 4. The fourth-order valence-corrected chi connectivity index (χ4v) is 2.13. The number of thiazole rings is 1. The van der Waals surface area contributed by atoms with Gasteiger partial charge in [0.25, 0.3) is 5.91 Å². The highest BCUT2D eigenvalue weighted by molar-refractivity contribution is 7.09. The minimum atomic E-state index is -0.129. The smallest absolute Gasteiger partial charge is 0.255 e. The number of aromatic nitrogens is 3. The predicted molar refractivity (Wildman–Crippen MR) is 61.2 cm³/mol. The summed E-state index contributed by atoms with van der Waals surface area (Å²) in [6, 6.07) is -0.0256. The van der Waals surface area contributed by atoms with Crippen LogP contribution < -0.4 is 5.32 Å². The zero-order chi connectivity index (χ0) is 11.4. The minimum Gasteiger partial charge on any atom is -0.343 e. The van der Waals surface area contributed by atoms with E-state index >= 15 is 0 Å². The Balaban J connectivity index is 2.05. The van der Waals surface area contributed by atoms with Crippen LogP contribution in [0, 0.1) is 0 Å². The maximum absolute atomic E-state index is 11.8. The van der Waals surface area contributed by atoms with E-state index < -0.39 is 0 Å². The number of H-pyrrole nitrogens is 1. The van der Waals surface area contributed by atoms with Crippen molar-refractivity contribution in [2.24, 2.45) is 0 Å². The summed E-state index contributed by atoms with van der Waals surface area (Å²) in [4.78, 5) is 16.0. The minimum absolute atomic E-state index is 0.0256. The highest BCUT2D eigenvalue weighted by Gasteiger charge is 2.16. The standard InChI is InChI=1S/C10H12N4OS/c1-2-8(10-11-3-4-16-10)14-9(15)7-5-12-13-6-7/h3-6,8H,2H2,1H3,(H,12,13)(H,14,15). The highest BCUT2D eigenvalue weighted by atomic mass is 32.1. The third-order valence-electron chi connectivity index (χ3n) is 2.22. The molecule has 16 heavy (non-hydrogen) atoms. The Morgan fingerprint density at radius 1 is 1.69 bits per heavy atom. The van der Waals surface area contributed by atoms with Crippen molar-refractivity contribution in [2.75, 3.05) is 0 Å². The normalized spacial score (nSPS) is 12.3. The topological polar surface area (TPSA) is 70.7 Å². The van der Waals surface area contributed by atoms with Gasteiger partial charge in [-0.2, -0.15) is 5.10 Å². The summed E-state index contributed by atoms with van der Waals surface area (Å²) in [5.74, 6) is -0.129.